The predicted molar refractivity (Wildman–Crippen MR) is 84.1 cm³/mol. The average Bonchev–Trinajstić information content (AvgIpc) is 2.38. The Morgan fingerprint density at radius 2 is 2.05 bits per heavy atom. The van der Waals surface area contributed by atoms with Gasteiger partial charge in [-0.1, -0.05) is 13.8 Å². The molecule has 0 saturated carbocycles. The van der Waals surface area contributed by atoms with Crippen LogP contribution >= 0.6 is 0 Å². The molecule has 4 heteroatoms. The lowest BCUT2D eigenvalue weighted by molar-refractivity contribution is -0.0104. The number of nitrogens with zero attached hydrogens (tertiary/aromatic N) is 1. The Labute approximate surface area is 124 Å². The van der Waals surface area contributed by atoms with Crippen LogP contribution in [0.25, 0.3) is 0 Å². The Morgan fingerprint density at radius 3 is 2.55 bits per heavy atom. The normalized spacial score (nSPS) is 24.9. The fourth-order valence-electron chi connectivity index (χ4n) is 3.13. The third-order valence-corrected chi connectivity index (χ3v) is 4.25. The molecule has 3 atom stereocenters. The molecule has 4 nitrogen and oxygen atoms in total. The second kappa shape index (κ2) is 8.32. The van der Waals surface area contributed by atoms with Crippen LogP contribution in [0.1, 0.15) is 53.4 Å². The summed E-state index contributed by atoms with van der Waals surface area (Å²) in [5.74, 6) is 0. The minimum atomic E-state index is -0.213. The van der Waals surface area contributed by atoms with E-state index in [4.69, 9.17) is 4.74 Å². The largest absolute Gasteiger partial charge is 0.394 e. The maximum Gasteiger partial charge on any atom is 0.0702 e. The number of likely N-dealkylation sites (N-methyl/N-ethyl adjacent to an activating group) is 1. The van der Waals surface area contributed by atoms with Gasteiger partial charge in [0.05, 0.1) is 12.7 Å². The number of ether oxygens (including phenoxy) is 1. The van der Waals surface area contributed by atoms with E-state index in [9.17, 15) is 5.11 Å². The second-order valence-corrected chi connectivity index (χ2v) is 7.00. The third-order valence-electron chi connectivity index (χ3n) is 4.25. The van der Waals surface area contributed by atoms with E-state index < -0.39 is 0 Å². The number of hydrogen-bond donors (Lipinski definition) is 2. The molecular weight excluding hydrogens is 252 g/mol. The molecule has 120 valence electrons. The molecular formula is C16H34N2O2. The Balaban J connectivity index is 2.44. The Bertz CT molecular complexity index is 267. The smallest absolute Gasteiger partial charge is 0.0702 e. The van der Waals surface area contributed by atoms with Crippen LogP contribution in [0.5, 0.6) is 0 Å². The van der Waals surface area contributed by atoms with E-state index >= 15 is 0 Å². The summed E-state index contributed by atoms with van der Waals surface area (Å²) in [5, 5.41) is 13.2. The molecule has 1 saturated heterocycles. The first-order valence-electron chi connectivity index (χ1n) is 8.06. The average molecular weight is 286 g/mol. The van der Waals surface area contributed by atoms with Crippen molar-refractivity contribution in [1.29, 1.82) is 0 Å². The second-order valence-electron chi connectivity index (χ2n) is 7.00. The minimum Gasteiger partial charge on any atom is -0.394 e. The third kappa shape index (κ3) is 6.08. The summed E-state index contributed by atoms with van der Waals surface area (Å²) in [4.78, 5) is 2.37. The van der Waals surface area contributed by atoms with Gasteiger partial charge in [0, 0.05) is 30.8 Å². The van der Waals surface area contributed by atoms with Crippen LogP contribution in [0.3, 0.4) is 0 Å². The van der Waals surface area contributed by atoms with Crippen molar-refractivity contribution < 1.29 is 9.84 Å². The lowest BCUT2D eigenvalue weighted by Gasteiger charge is -2.38. The van der Waals surface area contributed by atoms with Crippen LogP contribution in [0.4, 0.5) is 0 Å². The standard InChI is InChI=1S/C16H34N2O2/c1-13(2)17-16(4,12-19)10-14(3)18(5)11-15-8-6-7-9-20-15/h13-15,17,19H,6-12H2,1-5H3. The first kappa shape index (κ1) is 17.9. The molecule has 0 bridgehead atoms. The summed E-state index contributed by atoms with van der Waals surface area (Å²) in [6.45, 7) is 10.7. The summed E-state index contributed by atoms with van der Waals surface area (Å²) in [7, 11) is 2.16. The van der Waals surface area contributed by atoms with E-state index in [1.807, 2.05) is 0 Å². The fraction of sp³-hybridized carbons (Fsp3) is 1.00. The van der Waals surface area contributed by atoms with Crippen molar-refractivity contribution in [2.45, 2.75) is 77.1 Å². The van der Waals surface area contributed by atoms with Crippen molar-refractivity contribution in [2.75, 3.05) is 26.8 Å². The van der Waals surface area contributed by atoms with Crippen LogP contribution in [-0.2, 0) is 4.74 Å². The Kier molecular flexibility index (Phi) is 7.45. The molecule has 1 aliphatic heterocycles. The van der Waals surface area contributed by atoms with E-state index in [0.717, 1.165) is 19.6 Å². The molecule has 0 aromatic carbocycles. The number of rotatable bonds is 8. The van der Waals surface area contributed by atoms with Crippen LogP contribution in [0.15, 0.2) is 0 Å². The zero-order valence-electron chi connectivity index (χ0n) is 14.0. The Hall–Kier alpha value is -0.160. The van der Waals surface area contributed by atoms with Gasteiger partial charge in [0.1, 0.15) is 0 Å². The zero-order valence-corrected chi connectivity index (χ0v) is 14.0. The first-order chi connectivity index (χ1) is 9.36. The van der Waals surface area contributed by atoms with Gasteiger partial charge in [-0.05, 0) is 46.6 Å². The van der Waals surface area contributed by atoms with Crippen molar-refractivity contribution in [2.24, 2.45) is 0 Å². The van der Waals surface area contributed by atoms with Crippen molar-refractivity contribution in [3.05, 3.63) is 0 Å². The molecule has 1 heterocycles. The van der Waals surface area contributed by atoms with Crippen LogP contribution < -0.4 is 5.32 Å². The quantitative estimate of drug-likeness (QED) is 0.716. The van der Waals surface area contributed by atoms with Crippen molar-refractivity contribution in [1.82, 2.24) is 10.2 Å². The van der Waals surface area contributed by atoms with Crippen molar-refractivity contribution in [3.8, 4) is 0 Å². The minimum absolute atomic E-state index is 0.170. The summed E-state index contributed by atoms with van der Waals surface area (Å²) in [5.41, 5.74) is -0.213. The molecule has 2 N–H and O–H groups in total. The summed E-state index contributed by atoms with van der Waals surface area (Å²) < 4.78 is 5.81. The molecule has 1 rings (SSSR count). The highest BCUT2D eigenvalue weighted by atomic mass is 16.5. The lowest BCUT2D eigenvalue weighted by atomic mass is 9.92. The number of hydrogen-bond acceptors (Lipinski definition) is 4. The SMILES string of the molecule is CC(C)NC(C)(CO)CC(C)N(C)CC1CCCCO1. The van der Waals surface area contributed by atoms with E-state index in [-0.39, 0.29) is 12.1 Å². The van der Waals surface area contributed by atoms with Crippen LogP contribution in [0, 0.1) is 0 Å². The lowest BCUT2D eigenvalue weighted by Crippen LogP contribution is -2.53. The van der Waals surface area contributed by atoms with Gasteiger partial charge in [-0.2, -0.15) is 0 Å². The predicted octanol–water partition coefficient (Wildman–Crippen LogP) is 2.01. The van der Waals surface area contributed by atoms with E-state index in [1.54, 1.807) is 0 Å². The van der Waals surface area contributed by atoms with E-state index in [0.29, 0.717) is 18.2 Å². The summed E-state index contributed by atoms with van der Waals surface area (Å²) >= 11 is 0. The van der Waals surface area contributed by atoms with Crippen LogP contribution in [0.2, 0.25) is 0 Å². The highest BCUT2D eigenvalue weighted by Crippen LogP contribution is 2.19. The summed E-state index contributed by atoms with van der Waals surface area (Å²) in [6.07, 6.45) is 4.99. The highest BCUT2D eigenvalue weighted by Gasteiger charge is 2.28. The number of nitrogens with one attached hydrogen (secondary N) is 1. The molecule has 1 aliphatic rings. The molecule has 20 heavy (non-hydrogen) atoms. The Morgan fingerprint density at radius 1 is 1.35 bits per heavy atom. The maximum absolute atomic E-state index is 9.68. The molecule has 0 aromatic heterocycles. The van der Waals surface area contributed by atoms with Gasteiger partial charge in [0.25, 0.3) is 0 Å². The zero-order chi connectivity index (χ0) is 15.2. The highest BCUT2D eigenvalue weighted by molar-refractivity contribution is 4.88. The number of aliphatic hydroxyl groups is 1. The van der Waals surface area contributed by atoms with Gasteiger partial charge in [0.15, 0.2) is 0 Å². The molecule has 3 unspecified atom stereocenters. The molecule has 0 aliphatic carbocycles. The van der Waals surface area contributed by atoms with Crippen molar-refractivity contribution in [3.63, 3.8) is 0 Å². The van der Waals surface area contributed by atoms with Gasteiger partial charge >= 0.3 is 0 Å². The number of aliphatic hydroxyl groups excluding tert-OH is 1. The van der Waals surface area contributed by atoms with Gasteiger partial charge in [-0.15, -0.1) is 0 Å². The topological polar surface area (TPSA) is 44.7 Å². The first-order valence-corrected chi connectivity index (χ1v) is 8.06. The monoisotopic (exact) mass is 286 g/mol. The van der Waals surface area contributed by atoms with Gasteiger partial charge in [-0.3, -0.25) is 0 Å². The molecule has 0 radical (unpaired) electrons. The van der Waals surface area contributed by atoms with E-state index in [1.165, 1.54) is 19.3 Å². The fourth-order valence-corrected chi connectivity index (χ4v) is 3.13. The van der Waals surface area contributed by atoms with E-state index in [2.05, 4.69) is 45.0 Å². The van der Waals surface area contributed by atoms with Crippen molar-refractivity contribution >= 4 is 0 Å². The van der Waals surface area contributed by atoms with Crippen LogP contribution in [-0.4, -0.2) is 60.5 Å². The van der Waals surface area contributed by atoms with Gasteiger partial charge < -0.3 is 20.1 Å². The molecule has 0 amide bonds. The van der Waals surface area contributed by atoms with Gasteiger partial charge in [0.2, 0.25) is 0 Å². The molecule has 0 spiro atoms. The molecule has 1 fully saturated rings. The molecule has 0 aromatic rings. The summed E-state index contributed by atoms with van der Waals surface area (Å²) in [6, 6.07) is 0.801. The maximum atomic E-state index is 9.68. The van der Waals surface area contributed by atoms with Gasteiger partial charge in [-0.25, -0.2) is 0 Å².